The third-order valence-electron chi connectivity index (χ3n) is 6.40. The summed E-state index contributed by atoms with van der Waals surface area (Å²) in [5.41, 5.74) is 7.60. The number of nitrogens with one attached hydrogen (secondary N) is 2. The molecule has 1 aliphatic rings. The van der Waals surface area contributed by atoms with Gasteiger partial charge in [-0.2, -0.15) is 0 Å². The molecule has 0 saturated carbocycles. The Kier molecular flexibility index (Phi) is 7.28. The van der Waals surface area contributed by atoms with Crippen LogP contribution >= 0.6 is 0 Å². The lowest BCUT2D eigenvalue weighted by Crippen LogP contribution is -2.33. The highest BCUT2D eigenvalue weighted by Crippen LogP contribution is 2.28. The summed E-state index contributed by atoms with van der Waals surface area (Å²) in [5, 5.41) is 5.74. The van der Waals surface area contributed by atoms with Crippen LogP contribution in [0.2, 0.25) is 0 Å². The zero-order chi connectivity index (χ0) is 24.7. The van der Waals surface area contributed by atoms with Gasteiger partial charge in [-0.05, 0) is 42.7 Å². The zero-order valence-corrected chi connectivity index (χ0v) is 20.4. The van der Waals surface area contributed by atoms with E-state index in [-0.39, 0.29) is 6.03 Å². The lowest BCUT2D eigenvalue weighted by Gasteiger charge is -2.29. The Balaban J connectivity index is 1.16. The van der Waals surface area contributed by atoms with Gasteiger partial charge in [0.25, 0.3) is 0 Å². The largest absolute Gasteiger partial charge is 0.334 e. The second-order valence-electron chi connectivity index (χ2n) is 9.05. The Morgan fingerprint density at radius 1 is 0.972 bits per heavy atom. The van der Waals surface area contributed by atoms with E-state index in [1.807, 2.05) is 37.3 Å². The van der Waals surface area contributed by atoms with E-state index in [4.69, 9.17) is 9.97 Å². The van der Waals surface area contributed by atoms with E-state index in [0.29, 0.717) is 6.54 Å². The molecule has 7 nitrogen and oxygen atoms in total. The summed E-state index contributed by atoms with van der Waals surface area (Å²) in [4.78, 5) is 28.3. The van der Waals surface area contributed by atoms with E-state index < -0.39 is 0 Å². The number of hydrogen-bond donors (Lipinski definition) is 2. The lowest BCUT2D eigenvalue weighted by atomic mass is 9.98. The van der Waals surface area contributed by atoms with E-state index in [0.717, 1.165) is 60.8 Å². The van der Waals surface area contributed by atoms with Crippen molar-refractivity contribution in [2.24, 2.45) is 0 Å². The van der Waals surface area contributed by atoms with Gasteiger partial charge in [-0.3, -0.25) is 9.88 Å². The molecule has 2 aromatic heterocycles. The number of rotatable bonds is 7. The molecule has 0 aliphatic carbocycles. The summed E-state index contributed by atoms with van der Waals surface area (Å²) < 4.78 is 0. The van der Waals surface area contributed by atoms with E-state index in [2.05, 4.69) is 56.9 Å². The molecule has 2 amide bonds. The van der Waals surface area contributed by atoms with Gasteiger partial charge in [0.05, 0.1) is 11.4 Å². The molecule has 3 heterocycles. The number of pyridine rings is 1. The predicted octanol–water partition coefficient (Wildman–Crippen LogP) is 4.77. The molecule has 36 heavy (non-hydrogen) atoms. The van der Waals surface area contributed by atoms with Crippen LogP contribution in [0.15, 0.2) is 79.1 Å². The van der Waals surface area contributed by atoms with Crippen LogP contribution in [-0.2, 0) is 25.9 Å². The van der Waals surface area contributed by atoms with Crippen LogP contribution in [0.5, 0.6) is 0 Å². The first-order valence-electron chi connectivity index (χ1n) is 12.3. The van der Waals surface area contributed by atoms with Gasteiger partial charge in [0.2, 0.25) is 0 Å². The minimum absolute atomic E-state index is 0.231. The van der Waals surface area contributed by atoms with Gasteiger partial charge in [-0.15, -0.1) is 0 Å². The number of anilines is 1. The highest BCUT2D eigenvalue weighted by atomic mass is 16.2. The van der Waals surface area contributed by atoms with Gasteiger partial charge in [0.15, 0.2) is 0 Å². The molecule has 5 rings (SSSR count). The molecule has 2 aromatic carbocycles. The second-order valence-corrected chi connectivity index (χ2v) is 9.05. The van der Waals surface area contributed by atoms with Crippen molar-refractivity contribution >= 4 is 11.7 Å². The summed E-state index contributed by atoms with van der Waals surface area (Å²) in [6.45, 7) is 5.22. The zero-order valence-electron chi connectivity index (χ0n) is 20.4. The first-order chi connectivity index (χ1) is 17.6. The molecule has 2 N–H and O–H groups in total. The van der Waals surface area contributed by atoms with Gasteiger partial charge in [-0.1, -0.05) is 48.5 Å². The average Bonchev–Trinajstić information content (AvgIpc) is 2.92. The van der Waals surface area contributed by atoms with Gasteiger partial charge < -0.3 is 10.6 Å². The Labute approximate surface area is 211 Å². The van der Waals surface area contributed by atoms with Crippen molar-refractivity contribution in [3.05, 3.63) is 107 Å². The average molecular weight is 479 g/mol. The molecule has 0 saturated heterocycles. The highest BCUT2D eigenvalue weighted by molar-refractivity contribution is 5.89. The first kappa shape index (κ1) is 23.6. The monoisotopic (exact) mass is 478 g/mol. The number of nitrogens with zero attached hydrogens (tertiary/aromatic N) is 4. The molecule has 0 bridgehead atoms. The van der Waals surface area contributed by atoms with Crippen LogP contribution in [-0.4, -0.2) is 39.0 Å². The lowest BCUT2D eigenvalue weighted by molar-refractivity contribution is 0.251. The molecule has 7 heteroatoms. The Morgan fingerprint density at radius 2 is 1.81 bits per heavy atom. The normalized spacial score (nSPS) is 13.1. The van der Waals surface area contributed by atoms with Gasteiger partial charge in [-0.25, -0.2) is 14.8 Å². The first-order valence-corrected chi connectivity index (χ1v) is 12.3. The maximum Gasteiger partial charge on any atom is 0.319 e. The molecule has 182 valence electrons. The number of carbonyl (C=O) groups excluding carboxylic acids is 1. The number of benzene rings is 2. The predicted molar refractivity (Wildman–Crippen MR) is 141 cm³/mol. The number of carbonyl (C=O) groups is 1. The molecule has 0 atom stereocenters. The smallest absolute Gasteiger partial charge is 0.319 e. The van der Waals surface area contributed by atoms with Crippen LogP contribution in [0.25, 0.3) is 11.3 Å². The summed E-state index contributed by atoms with van der Waals surface area (Å²) in [6, 6.07) is 22.0. The van der Waals surface area contributed by atoms with E-state index >= 15 is 0 Å². The maximum atomic E-state index is 12.2. The Hall–Kier alpha value is -4.10. The fourth-order valence-corrected chi connectivity index (χ4v) is 4.52. The van der Waals surface area contributed by atoms with Crippen LogP contribution in [0.4, 0.5) is 10.5 Å². The molecule has 0 radical (unpaired) electrons. The van der Waals surface area contributed by atoms with Crippen molar-refractivity contribution in [1.82, 2.24) is 25.2 Å². The Morgan fingerprint density at radius 3 is 2.58 bits per heavy atom. The molecule has 4 aromatic rings. The second kappa shape index (κ2) is 11.1. The topological polar surface area (TPSA) is 83.0 Å². The van der Waals surface area contributed by atoms with Crippen LogP contribution in [0, 0.1) is 6.92 Å². The third-order valence-corrected chi connectivity index (χ3v) is 6.40. The van der Waals surface area contributed by atoms with Crippen molar-refractivity contribution < 1.29 is 4.79 Å². The number of amides is 2. The van der Waals surface area contributed by atoms with Gasteiger partial charge in [0, 0.05) is 61.8 Å². The van der Waals surface area contributed by atoms with Crippen LogP contribution in [0.3, 0.4) is 0 Å². The molecule has 0 unspecified atom stereocenters. The minimum atomic E-state index is -0.231. The minimum Gasteiger partial charge on any atom is -0.334 e. The molecular formula is C29H30N6O. The standard InChI is InChI=1S/C29H30N6O/c1-21-32-27-14-17-35(20-26(27)28(33-21)24-7-3-2-4-8-24)16-13-22-9-11-25(12-10-22)34-29(36)31-19-23-6-5-15-30-18-23/h2-12,15,18H,13-14,16-17,19-20H2,1H3,(H2,31,34,36). The van der Waals surface area contributed by atoms with E-state index in [1.165, 1.54) is 16.8 Å². The maximum absolute atomic E-state index is 12.2. The molecular weight excluding hydrogens is 448 g/mol. The number of aromatic nitrogens is 3. The summed E-state index contributed by atoms with van der Waals surface area (Å²) in [5.74, 6) is 0.834. The van der Waals surface area contributed by atoms with E-state index in [1.54, 1.807) is 12.4 Å². The van der Waals surface area contributed by atoms with Crippen molar-refractivity contribution in [2.75, 3.05) is 18.4 Å². The van der Waals surface area contributed by atoms with Gasteiger partial charge >= 0.3 is 6.03 Å². The molecule has 0 fully saturated rings. The molecule has 1 aliphatic heterocycles. The number of fused-ring (bicyclic) bond motifs is 1. The van der Waals surface area contributed by atoms with Crippen molar-refractivity contribution in [3.63, 3.8) is 0 Å². The van der Waals surface area contributed by atoms with Crippen molar-refractivity contribution in [2.45, 2.75) is 32.9 Å². The number of hydrogen-bond acceptors (Lipinski definition) is 5. The van der Waals surface area contributed by atoms with Gasteiger partial charge in [0.1, 0.15) is 5.82 Å². The summed E-state index contributed by atoms with van der Waals surface area (Å²) in [7, 11) is 0. The SMILES string of the molecule is Cc1nc2c(c(-c3ccccc3)n1)CN(CCc1ccc(NC(=O)NCc3cccnc3)cc1)CC2. The van der Waals surface area contributed by atoms with Crippen LogP contribution < -0.4 is 10.6 Å². The van der Waals surface area contributed by atoms with Crippen LogP contribution in [0.1, 0.15) is 28.2 Å². The Bertz CT molecular complexity index is 1310. The van der Waals surface area contributed by atoms with Crippen molar-refractivity contribution in [3.8, 4) is 11.3 Å². The summed E-state index contributed by atoms with van der Waals surface area (Å²) >= 11 is 0. The van der Waals surface area contributed by atoms with E-state index in [9.17, 15) is 4.79 Å². The van der Waals surface area contributed by atoms with Crippen molar-refractivity contribution in [1.29, 1.82) is 0 Å². The quantitative estimate of drug-likeness (QED) is 0.400. The highest BCUT2D eigenvalue weighted by Gasteiger charge is 2.22. The number of aryl methyl sites for hydroxylation is 1. The number of urea groups is 1. The molecule has 0 spiro atoms. The summed E-state index contributed by atoms with van der Waals surface area (Å²) in [6.07, 6.45) is 5.34. The third kappa shape index (κ3) is 5.93. The fourth-order valence-electron chi connectivity index (χ4n) is 4.52. The fraction of sp³-hybridized carbons (Fsp3) is 0.241.